The molecule has 0 aromatic heterocycles. The van der Waals surface area contributed by atoms with Crippen LogP contribution in [0.4, 0.5) is 0 Å². The Kier molecular flexibility index (Phi) is 18.5. The van der Waals surface area contributed by atoms with Crippen LogP contribution in [0.15, 0.2) is 95.1 Å². The summed E-state index contributed by atoms with van der Waals surface area (Å²) in [6.45, 7) is 16.4. The van der Waals surface area contributed by atoms with E-state index in [-0.39, 0.29) is 0 Å². The lowest BCUT2D eigenvalue weighted by Crippen LogP contribution is -2.43. The lowest BCUT2D eigenvalue weighted by atomic mass is 9.98. The van der Waals surface area contributed by atoms with Gasteiger partial charge in [0.1, 0.15) is 30.8 Å². The van der Waals surface area contributed by atoms with Gasteiger partial charge < -0.3 is 24.9 Å². The minimum absolute atomic E-state index is 0.401. The molecule has 0 bridgehead atoms. The Balaban J connectivity index is 0.00000431. The van der Waals surface area contributed by atoms with E-state index in [0.29, 0.717) is 61.3 Å². The zero-order chi connectivity index (χ0) is 31.2. The fourth-order valence-corrected chi connectivity index (χ4v) is 4.29. The smallest absolute Gasteiger partial charge is 0.219 e. The van der Waals surface area contributed by atoms with Gasteiger partial charge >= 0.3 is 0 Å². The fraction of sp³-hybridized carbons (Fsp3) is 0.375. The van der Waals surface area contributed by atoms with Gasteiger partial charge in [-0.25, -0.2) is 0 Å². The molecule has 1 aromatic carbocycles. The van der Waals surface area contributed by atoms with Crippen LogP contribution in [0.3, 0.4) is 0 Å². The third-order valence-corrected chi connectivity index (χ3v) is 6.14. The van der Waals surface area contributed by atoms with Crippen molar-refractivity contribution in [2.45, 2.75) is 26.9 Å². The molecule has 1 aliphatic heterocycles. The first-order valence-electron chi connectivity index (χ1n) is 13.8. The fourth-order valence-electron chi connectivity index (χ4n) is 4.29. The third-order valence-electron chi connectivity index (χ3n) is 6.14. The maximum absolute atomic E-state index is 12.8. The number of aldehydes is 1. The summed E-state index contributed by atoms with van der Waals surface area (Å²) in [6.07, 6.45) is 9.23. The van der Waals surface area contributed by atoms with E-state index in [1.54, 1.807) is 32.2 Å². The zero-order valence-corrected chi connectivity index (χ0v) is 25.3. The van der Waals surface area contributed by atoms with Crippen molar-refractivity contribution < 1.29 is 23.9 Å². The maximum atomic E-state index is 12.8. The van der Waals surface area contributed by atoms with Gasteiger partial charge in [-0.2, -0.15) is 0 Å². The summed E-state index contributed by atoms with van der Waals surface area (Å²) in [5.41, 5.74) is 2.61. The van der Waals surface area contributed by atoms with E-state index in [0.717, 1.165) is 31.6 Å². The number of nitrogens with one attached hydrogen (secondary N) is 2. The van der Waals surface area contributed by atoms with Crippen molar-refractivity contribution in [2.24, 2.45) is 4.99 Å². The average Bonchev–Trinajstić information content (AvgIpc) is 3.02. The summed E-state index contributed by atoms with van der Waals surface area (Å²) >= 11 is 0. The molecule has 2 N–H and O–H groups in total. The van der Waals surface area contributed by atoms with Crippen molar-refractivity contribution in [2.75, 3.05) is 53.0 Å². The highest BCUT2D eigenvalue weighted by Crippen LogP contribution is 2.31. The van der Waals surface area contributed by atoms with Crippen LogP contribution >= 0.6 is 0 Å². The Morgan fingerprint density at radius 2 is 1.88 bits per heavy atom. The van der Waals surface area contributed by atoms with Crippen LogP contribution in [0.1, 0.15) is 32.4 Å². The molecule has 2 rings (SSSR count). The molecule has 1 heterocycles. The standard InChI is InChI=1S/C31H43N5O4.CH2O/c1-6-12-27(13-7-2)36(24-38)31(34-25(4)16-21-37)28(29(40-8-3)26-14-10-9-11-15-26)30(32-5)33-17-18-35-19-22-39-23-20-35;1-2/h6-7,9-16,21,24,29,34H,1,8,17-20,22-23H2,2-5H3,(H,32,33);1H2/b13-7-,25-16+,27-12+,31-28-;. The van der Waals surface area contributed by atoms with Gasteiger partial charge in [-0.1, -0.05) is 49.1 Å². The Bertz CT molecular complexity index is 1120. The summed E-state index contributed by atoms with van der Waals surface area (Å²) in [7, 11) is 1.70. The van der Waals surface area contributed by atoms with E-state index in [2.05, 4.69) is 27.1 Å². The minimum Gasteiger partial charge on any atom is -0.379 e. The van der Waals surface area contributed by atoms with E-state index >= 15 is 0 Å². The van der Waals surface area contributed by atoms with Gasteiger partial charge in [0.05, 0.1) is 18.8 Å². The van der Waals surface area contributed by atoms with Crippen LogP contribution in [0.2, 0.25) is 0 Å². The number of hydrogen-bond acceptors (Lipinski definition) is 8. The molecule has 1 unspecified atom stereocenters. The molecule has 1 amide bonds. The van der Waals surface area contributed by atoms with Crippen LogP contribution < -0.4 is 10.6 Å². The lowest BCUT2D eigenvalue weighted by molar-refractivity contribution is -0.115. The topological polar surface area (TPSA) is 113 Å². The van der Waals surface area contributed by atoms with Crippen LogP contribution in [-0.2, 0) is 23.9 Å². The van der Waals surface area contributed by atoms with Crippen molar-refractivity contribution in [1.82, 2.24) is 20.4 Å². The number of carbonyl (C=O) groups excluding carboxylic acids is 3. The quantitative estimate of drug-likeness (QED) is 0.101. The number of aliphatic imine (C=N–C) groups is 1. The van der Waals surface area contributed by atoms with Gasteiger partial charge in [0, 0.05) is 51.2 Å². The molecule has 10 nitrogen and oxygen atoms in total. The second kappa shape index (κ2) is 21.6. The Morgan fingerprint density at radius 3 is 2.43 bits per heavy atom. The number of rotatable bonds is 16. The molecule has 0 spiro atoms. The van der Waals surface area contributed by atoms with E-state index in [4.69, 9.17) is 14.3 Å². The number of benzene rings is 1. The van der Waals surface area contributed by atoms with E-state index in [1.165, 1.54) is 11.0 Å². The van der Waals surface area contributed by atoms with Crippen molar-refractivity contribution >= 4 is 25.3 Å². The Morgan fingerprint density at radius 1 is 1.19 bits per heavy atom. The number of allylic oxidation sites excluding steroid dienone is 6. The van der Waals surface area contributed by atoms with Gasteiger partial charge in [0.2, 0.25) is 6.41 Å². The van der Waals surface area contributed by atoms with Crippen LogP contribution in [0.25, 0.3) is 0 Å². The number of carbonyl (C=O) groups is 3. The van der Waals surface area contributed by atoms with Crippen LogP contribution in [0, 0.1) is 0 Å². The normalized spacial score (nSPS) is 16.0. The van der Waals surface area contributed by atoms with Crippen LogP contribution in [0.5, 0.6) is 0 Å². The average molecular weight is 580 g/mol. The second-order valence-corrected chi connectivity index (χ2v) is 8.87. The maximum Gasteiger partial charge on any atom is 0.219 e. The molecule has 1 aliphatic rings. The summed E-state index contributed by atoms with van der Waals surface area (Å²) in [6, 6.07) is 9.78. The highest BCUT2D eigenvalue weighted by molar-refractivity contribution is 6.00. The van der Waals surface area contributed by atoms with Gasteiger partial charge in [-0.15, -0.1) is 0 Å². The van der Waals surface area contributed by atoms with Gasteiger partial charge in [0.25, 0.3) is 0 Å². The minimum atomic E-state index is -0.592. The van der Waals surface area contributed by atoms with Crippen molar-refractivity contribution in [3.63, 3.8) is 0 Å². The molecule has 1 atom stereocenters. The molecule has 0 saturated carbocycles. The molecule has 10 heteroatoms. The molecule has 228 valence electrons. The summed E-state index contributed by atoms with van der Waals surface area (Å²) < 4.78 is 11.8. The number of hydrogen-bond donors (Lipinski definition) is 2. The van der Waals surface area contributed by atoms with Crippen molar-refractivity contribution in [1.29, 1.82) is 0 Å². The summed E-state index contributed by atoms with van der Waals surface area (Å²) in [5.74, 6) is 0.959. The van der Waals surface area contributed by atoms with Crippen LogP contribution in [-0.4, -0.2) is 88.2 Å². The van der Waals surface area contributed by atoms with E-state index < -0.39 is 6.10 Å². The molecular formula is C32H45N5O5. The Labute approximate surface area is 250 Å². The molecule has 1 aromatic rings. The zero-order valence-electron chi connectivity index (χ0n) is 25.3. The largest absolute Gasteiger partial charge is 0.379 e. The number of ether oxygens (including phenoxy) is 2. The monoisotopic (exact) mass is 579 g/mol. The molecule has 0 radical (unpaired) electrons. The molecule has 42 heavy (non-hydrogen) atoms. The third kappa shape index (κ3) is 11.4. The summed E-state index contributed by atoms with van der Waals surface area (Å²) in [5, 5.41) is 6.79. The van der Waals surface area contributed by atoms with Crippen molar-refractivity contribution in [3.8, 4) is 0 Å². The predicted octanol–water partition coefficient (Wildman–Crippen LogP) is 3.54. The lowest BCUT2D eigenvalue weighted by Gasteiger charge is -2.32. The highest BCUT2D eigenvalue weighted by Gasteiger charge is 2.29. The van der Waals surface area contributed by atoms with Gasteiger partial charge in [0.15, 0.2) is 0 Å². The first-order chi connectivity index (χ1) is 20.5. The summed E-state index contributed by atoms with van der Waals surface area (Å²) in [4.78, 5) is 40.6. The van der Waals surface area contributed by atoms with Gasteiger partial charge in [-0.05, 0) is 44.6 Å². The molecule has 1 fully saturated rings. The van der Waals surface area contributed by atoms with E-state index in [9.17, 15) is 9.59 Å². The van der Waals surface area contributed by atoms with E-state index in [1.807, 2.05) is 57.0 Å². The Hall–Kier alpha value is -4.12. The molecule has 1 saturated heterocycles. The number of amidine groups is 1. The SMILES string of the molecule is C=C/C=C(\C=C/C)N(C=O)/C(N/C(C)=C/C=O)=C(\C(=NC)NCCN1CCOCC1)C(OCC)c1ccccc1.C=O. The number of amides is 1. The predicted molar refractivity (Wildman–Crippen MR) is 168 cm³/mol. The molecule has 0 aliphatic carbocycles. The second-order valence-electron chi connectivity index (χ2n) is 8.87. The van der Waals surface area contributed by atoms with Gasteiger partial charge in [-0.3, -0.25) is 24.4 Å². The first-order valence-corrected chi connectivity index (χ1v) is 13.8. The number of nitrogens with zero attached hydrogens (tertiary/aromatic N) is 3. The van der Waals surface area contributed by atoms with Crippen molar-refractivity contribution in [3.05, 3.63) is 95.6 Å². The molecular weight excluding hydrogens is 534 g/mol. The highest BCUT2D eigenvalue weighted by atomic mass is 16.5. The number of morpholine rings is 1. The first kappa shape index (κ1) is 35.9.